The molecule has 5 heteroatoms. The van der Waals surface area contributed by atoms with Crippen molar-refractivity contribution in [1.82, 2.24) is 5.32 Å². The number of carbonyl (C=O) groups is 2. The van der Waals surface area contributed by atoms with Gasteiger partial charge in [-0.15, -0.1) is 0 Å². The first kappa shape index (κ1) is 15.6. The maximum atomic E-state index is 12.4. The molecule has 1 atom stereocenters. The number of hydrogen-bond acceptors (Lipinski definition) is 2. The van der Waals surface area contributed by atoms with Crippen LogP contribution in [0.5, 0.6) is 0 Å². The number of aryl methyl sites for hydroxylation is 1. The lowest BCUT2D eigenvalue weighted by Gasteiger charge is -2.18. The summed E-state index contributed by atoms with van der Waals surface area (Å²) in [6.07, 6.45) is 1.12. The third-order valence-electron chi connectivity index (χ3n) is 3.98. The Morgan fingerprint density at radius 1 is 1.17 bits per heavy atom. The zero-order valence-corrected chi connectivity index (χ0v) is 13.5. The Hall–Kier alpha value is -2.33. The molecule has 0 saturated heterocycles. The van der Waals surface area contributed by atoms with Gasteiger partial charge in [-0.25, -0.2) is 0 Å². The average molecular weight is 329 g/mol. The Labute approximate surface area is 139 Å². The number of carbonyl (C=O) groups excluding carboxylic acids is 2. The molecule has 0 spiro atoms. The second-order valence-corrected chi connectivity index (χ2v) is 6.10. The molecular weight excluding hydrogens is 312 g/mol. The van der Waals surface area contributed by atoms with Gasteiger partial charge in [-0.3, -0.25) is 9.59 Å². The van der Waals surface area contributed by atoms with Crippen molar-refractivity contribution in [3.8, 4) is 0 Å². The van der Waals surface area contributed by atoms with Crippen LogP contribution in [0.15, 0.2) is 42.5 Å². The van der Waals surface area contributed by atoms with Gasteiger partial charge in [-0.1, -0.05) is 23.7 Å². The number of nitrogens with one attached hydrogen (secondary N) is 2. The van der Waals surface area contributed by atoms with E-state index >= 15 is 0 Å². The minimum Gasteiger partial charge on any atom is -0.346 e. The van der Waals surface area contributed by atoms with E-state index < -0.39 is 0 Å². The van der Waals surface area contributed by atoms with Crippen LogP contribution in [0.2, 0.25) is 5.02 Å². The smallest absolute Gasteiger partial charge is 0.251 e. The molecule has 2 N–H and O–H groups in total. The van der Waals surface area contributed by atoms with Crippen LogP contribution < -0.4 is 10.6 Å². The molecule has 4 nitrogen and oxygen atoms in total. The predicted molar refractivity (Wildman–Crippen MR) is 90.7 cm³/mol. The third-order valence-corrected chi connectivity index (χ3v) is 4.23. The van der Waals surface area contributed by atoms with Gasteiger partial charge in [0.15, 0.2) is 0 Å². The van der Waals surface area contributed by atoms with Crippen molar-refractivity contribution in [2.75, 3.05) is 5.32 Å². The van der Waals surface area contributed by atoms with Crippen LogP contribution in [-0.4, -0.2) is 11.8 Å². The van der Waals surface area contributed by atoms with E-state index in [1.165, 1.54) is 0 Å². The summed E-state index contributed by atoms with van der Waals surface area (Å²) in [5.41, 5.74) is 3.38. The molecule has 1 aliphatic heterocycles. The molecule has 2 amide bonds. The van der Waals surface area contributed by atoms with E-state index in [4.69, 9.17) is 11.6 Å². The Bertz CT molecular complexity index is 756. The summed E-state index contributed by atoms with van der Waals surface area (Å²) in [5.74, 6) is -0.113. The summed E-state index contributed by atoms with van der Waals surface area (Å²) in [6, 6.07) is 12.7. The molecule has 1 aliphatic rings. The number of anilines is 1. The number of rotatable bonds is 3. The van der Waals surface area contributed by atoms with Crippen molar-refractivity contribution in [3.05, 3.63) is 64.2 Å². The summed E-state index contributed by atoms with van der Waals surface area (Å²) in [4.78, 5) is 23.8. The van der Waals surface area contributed by atoms with Crippen molar-refractivity contribution < 1.29 is 9.59 Å². The molecule has 0 aromatic heterocycles. The monoisotopic (exact) mass is 328 g/mol. The largest absolute Gasteiger partial charge is 0.346 e. The van der Waals surface area contributed by atoms with Gasteiger partial charge in [0.1, 0.15) is 0 Å². The molecule has 2 aromatic rings. The molecule has 0 bridgehead atoms. The molecule has 0 saturated carbocycles. The zero-order chi connectivity index (χ0) is 16.4. The maximum Gasteiger partial charge on any atom is 0.251 e. The van der Waals surface area contributed by atoms with Crippen molar-refractivity contribution in [2.45, 2.75) is 25.8 Å². The lowest BCUT2D eigenvalue weighted by atomic mass is 10.00. The SMILES string of the molecule is CC(NC(=O)c1ccc2c(c1)CCC(=O)N2)c1ccc(Cl)cc1. The van der Waals surface area contributed by atoms with Crippen LogP contribution in [0.3, 0.4) is 0 Å². The number of amides is 2. The first-order chi connectivity index (χ1) is 11.0. The molecule has 3 rings (SSSR count). The van der Waals surface area contributed by atoms with Crippen molar-refractivity contribution in [1.29, 1.82) is 0 Å². The Morgan fingerprint density at radius 2 is 1.91 bits per heavy atom. The fourth-order valence-electron chi connectivity index (χ4n) is 2.64. The van der Waals surface area contributed by atoms with E-state index in [2.05, 4.69) is 10.6 Å². The minimum absolute atomic E-state index is 0.0195. The molecule has 23 heavy (non-hydrogen) atoms. The summed E-state index contributed by atoms with van der Waals surface area (Å²) in [5, 5.41) is 6.46. The highest BCUT2D eigenvalue weighted by Gasteiger charge is 2.17. The predicted octanol–water partition coefficient (Wildman–Crippen LogP) is 3.72. The summed E-state index contributed by atoms with van der Waals surface area (Å²) in [7, 11) is 0. The number of halogens is 1. The fraction of sp³-hybridized carbons (Fsp3) is 0.222. The lowest BCUT2D eigenvalue weighted by Crippen LogP contribution is -2.27. The van der Waals surface area contributed by atoms with Gasteiger partial charge in [-0.05, 0) is 54.8 Å². The molecule has 0 fully saturated rings. The highest BCUT2D eigenvalue weighted by molar-refractivity contribution is 6.30. The average Bonchev–Trinajstić information content (AvgIpc) is 2.54. The van der Waals surface area contributed by atoms with Crippen molar-refractivity contribution >= 4 is 29.1 Å². The van der Waals surface area contributed by atoms with Gasteiger partial charge in [0.25, 0.3) is 5.91 Å². The van der Waals surface area contributed by atoms with E-state index in [1.54, 1.807) is 24.3 Å². The van der Waals surface area contributed by atoms with Crippen LogP contribution in [-0.2, 0) is 11.2 Å². The normalized spacial score (nSPS) is 14.6. The van der Waals surface area contributed by atoms with Crippen LogP contribution in [0, 0.1) is 0 Å². The molecule has 118 valence electrons. The maximum absolute atomic E-state index is 12.4. The van der Waals surface area contributed by atoms with Gasteiger partial charge in [0.05, 0.1) is 6.04 Å². The van der Waals surface area contributed by atoms with Gasteiger partial charge < -0.3 is 10.6 Å². The second-order valence-electron chi connectivity index (χ2n) is 5.67. The topological polar surface area (TPSA) is 58.2 Å². The third kappa shape index (κ3) is 3.54. The highest BCUT2D eigenvalue weighted by atomic mass is 35.5. The first-order valence-corrected chi connectivity index (χ1v) is 7.90. The van der Waals surface area contributed by atoms with Crippen LogP contribution in [0.1, 0.15) is 40.9 Å². The Balaban J connectivity index is 1.73. The number of fused-ring (bicyclic) bond motifs is 1. The molecule has 1 unspecified atom stereocenters. The summed E-state index contributed by atoms with van der Waals surface area (Å²) < 4.78 is 0. The molecule has 1 heterocycles. The van der Waals surface area contributed by atoms with Gasteiger partial charge in [0.2, 0.25) is 5.91 Å². The quantitative estimate of drug-likeness (QED) is 0.902. The zero-order valence-electron chi connectivity index (χ0n) is 12.7. The van der Waals surface area contributed by atoms with Crippen molar-refractivity contribution in [2.24, 2.45) is 0 Å². The van der Waals surface area contributed by atoms with Crippen LogP contribution >= 0.6 is 11.6 Å². The molecule has 0 aliphatic carbocycles. The van der Waals surface area contributed by atoms with E-state index in [0.717, 1.165) is 16.8 Å². The van der Waals surface area contributed by atoms with Gasteiger partial charge >= 0.3 is 0 Å². The first-order valence-electron chi connectivity index (χ1n) is 7.52. The van der Waals surface area contributed by atoms with E-state index in [9.17, 15) is 9.59 Å². The molecular formula is C18H17ClN2O2. The number of benzene rings is 2. The minimum atomic E-state index is -0.132. The summed E-state index contributed by atoms with van der Waals surface area (Å²) in [6.45, 7) is 1.93. The van der Waals surface area contributed by atoms with E-state index in [1.807, 2.05) is 25.1 Å². The van der Waals surface area contributed by atoms with Crippen molar-refractivity contribution in [3.63, 3.8) is 0 Å². The fourth-order valence-corrected chi connectivity index (χ4v) is 2.77. The van der Waals surface area contributed by atoms with E-state index in [-0.39, 0.29) is 17.9 Å². The molecule has 2 aromatic carbocycles. The van der Waals surface area contributed by atoms with Crippen LogP contribution in [0.25, 0.3) is 0 Å². The van der Waals surface area contributed by atoms with Gasteiger partial charge in [-0.2, -0.15) is 0 Å². The molecule has 0 radical (unpaired) electrons. The number of hydrogen-bond donors (Lipinski definition) is 2. The standard InChI is InChI=1S/C18H17ClN2O2/c1-11(12-2-6-15(19)7-3-12)20-18(23)14-4-8-16-13(10-14)5-9-17(22)21-16/h2-4,6-8,10-11H,5,9H2,1H3,(H,20,23)(H,21,22). The van der Waals surface area contributed by atoms with E-state index in [0.29, 0.717) is 23.4 Å². The van der Waals surface area contributed by atoms with Gasteiger partial charge in [0, 0.05) is 22.7 Å². The summed E-state index contributed by atoms with van der Waals surface area (Å²) >= 11 is 5.88. The Morgan fingerprint density at radius 3 is 2.65 bits per heavy atom. The Kier molecular flexibility index (Phi) is 4.35. The highest BCUT2D eigenvalue weighted by Crippen LogP contribution is 2.24. The van der Waals surface area contributed by atoms with Crippen LogP contribution in [0.4, 0.5) is 5.69 Å². The second kappa shape index (κ2) is 6.42. The lowest BCUT2D eigenvalue weighted by molar-refractivity contribution is -0.116.